The van der Waals surface area contributed by atoms with Gasteiger partial charge in [0, 0.05) is 10.6 Å². The number of alkyl halides is 1. The lowest BCUT2D eigenvalue weighted by atomic mass is 9.66. The van der Waals surface area contributed by atoms with Crippen molar-refractivity contribution in [3.8, 4) is 0 Å². The largest absolute Gasteiger partial charge is 0.239 e. The fourth-order valence-electron chi connectivity index (χ4n) is 7.43. The standard InChI is InChI=1S/C32H46F2/c1-3-5-8-21-32(23-28-10-6-7-11-29(28)30(33)31(32)34)22-20-25-14-18-27(19-15-25)26-16-12-24(9-4-2)13-17-26/h3,5-7,10-11,23-27,31H,4,8-9,12-22H2,1-2H3/b5-3+. The van der Waals surface area contributed by atoms with Crippen LogP contribution < -0.4 is 10.4 Å². The van der Waals surface area contributed by atoms with Gasteiger partial charge in [-0.15, -0.1) is 0 Å². The van der Waals surface area contributed by atoms with Gasteiger partial charge < -0.3 is 0 Å². The second-order valence-electron chi connectivity index (χ2n) is 11.7. The highest BCUT2D eigenvalue weighted by Crippen LogP contribution is 2.47. The molecule has 0 aliphatic heterocycles. The third kappa shape index (κ3) is 5.85. The van der Waals surface area contributed by atoms with E-state index in [1.54, 1.807) is 12.1 Å². The third-order valence-electron chi connectivity index (χ3n) is 9.56. The maximum Gasteiger partial charge on any atom is 0.161 e. The number of rotatable bonds is 9. The van der Waals surface area contributed by atoms with Crippen LogP contribution in [0.4, 0.5) is 8.78 Å². The van der Waals surface area contributed by atoms with Crippen molar-refractivity contribution in [2.24, 2.45) is 29.1 Å². The zero-order valence-electron chi connectivity index (χ0n) is 21.6. The molecule has 34 heavy (non-hydrogen) atoms. The van der Waals surface area contributed by atoms with Crippen LogP contribution in [0.5, 0.6) is 0 Å². The molecule has 2 saturated carbocycles. The maximum atomic E-state index is 15.7. The average Bonchev–Trinajstić information content (AvgIpc) is 2.87. The van der Waals surface area contributed by atoms with Crippen LogP contribution >= 0.6 is 0 Å². The van der Waals surface area contributed by atoms with Crippen molar-refractivity contribution in [2.75, 3.05) is 0 Å². The number of hydrogen-bond acceptors (Lipinski definition) is 0. The van der Waals surface area contributed by atoms with E-state index in [0.717, 1.165) is 42.2 Å². The van der Waals surface area contributed by atoms with E-state index in [-0.39, 0.29) is 0 Å². The fourth-order valence-corrected chi connectivity index (χ4v) is 7.43. The van der Waals surface area contributed by atoms with Crippen molar-refractivity contribution in [1.29, 1.82) is 0 Å². The van der Waals surface area contributed by atoms with Crippen molar-refractivity contribution in [1.82, 2.24) is 0 Å². The van der Waals surface area contributed by atoms with E-state index in [4.69, 9.17) is 0 Å². The average molecular weight is 469 g/mol. The summed E-state index contributed by atoms with van der Waals surface area (Å²) in [7, 11) is 0. The Balaban J connectivity index is 1.37. The minimum absolute atomic E-state index is 0.450. The lowest BCUT2D eigenvalue weighted by Crippen LogP contribution is -2.43. The van der Waals surface area contributed by atoms with Crippen molar-refractivity contribution in [3.05, 3.63) is 46.9 Å². The highest BCUT2D eigenvalue weighted by atomic mass is 19.2. The first-order chi connectivity index (χ1) is 16.6. The van der Waals surface area contributed by atoms with Crippen molar-refractivity contribution in [2.45, 2.75) is 110 Å². The number of fused-ring (bicyclic) bond motifs is 1. The fraction of sp³-hybridized carbons (Fsp3) is 0.688. The Hall–Kier alpha value is -1.44. The number of allylic oxidation sites excluding steroid dienone is 2. The molecule has 2 atom stereocenters. The molecular weight excluding hydrogens is 422 g/mol. The molecule has 2 fully saturated rings. The molecular formula is C32H46F2. The Morgan fingerprint density at radius 2 is 1.50 bits per heavy atom. The maximum absolute atomic E-state index is 15.7. The minimum atomic E-state index is -1.53. The van der Waals surface area contributed by atoms with Gasteiger partial charge >= 0.3 is 0 Å². The summed E-state index contributed by atoms with van der Waals surface area (Å²) in [4.78, 5) is 0. The lowest BCUT2D eigenvalue weighted by Gasteiger charge is -2.40. The normalized spacial score (nSPS) is 34.1. The highest BCUT2D eigenvalue weighted by molar-refractivity contribution is 5.54. The van der Waals surface area contributed by atoms with Crippen LogP contribution in [0.25, 0.3) is 11.9 Å². The van der Waals surface area contributed by atoms with Crippen LogP contribution in [0, 0.1) is 29.1 Å². The van der Waals surface area contributed by atoms with Gasteiger partial charge in [0.1, 0.15) is 5.83 Å². The Bertz CT molecular complexity index is 915. The van der Waals surface area contributed by atoms with Crippen LogP contribution in [0.2, 0.25) is 0 Å². The molecule has 0 radical (unpaired) electrons. The summed E-state index contributed by atoms with van der Waals surface area (Å²) in [6.45, 7) is 4.32. The lowest BCUT2D eigenvalue weighted by molar-refractivity contribution is 0.126. The molecule has 0 heterocycles. The molecule has 2 unspecified atom stereocenters. The molecule has 0 bridgehead atoms. The van der Waals surface area contributed by atoms with Crippen LogP contribution in [-0.4, -0.2) is 6.17 Å². The number of halogens is 2. The van der Waals surface area contributed by atoms with Crippen molar-refractivity contribution in [3.63, 3.8) is 0 Å². The minimum Gasteiger partial charge on any atom is -0.239 e. The molecule has 0 spiro atoms. The highest BCUT2D eigenvalue weighted by Gasteiger charge is 2.42. The van der Waals surface area contributed by atoms with Gasteiger partial charge in [0.05, 0.1) is 0 Å². The summed E-state index contributed by atoms with van der Waals surface area (Å²) in [5, 5.41) is 1.32. The SMILES string of the molecule is C/C=C/CCC1(CCC2CCC(C3CCC(CCC)CC3)CC2)C=c2ccccc2=C(F)C1F. The van der Waals surface area contributed by atoms with Gasteiger partial charge in [-0.25, -0.2) is 8.78 Å². The summed E-state index contributed by atoms with van der Waals surface area (Å²) in [6, 6.07) is 7.42. The summed E-state index contributed by atoms with van der Waals surface area (Å²) in [5.41, 5.74) is -0.716. The van der Waals surface area contributed by atoms with Crippen LogP contribution in [0.15, 0.2) is 36.4 Å². The molecule has 3 aliphatic rings. The smallest absolute Gasteiger partial charge is 0.161 e. The van der Waals surface area contributed by atoms with Gasteiger partial charge in [0.25, 0.3) is 0 Å². The van der Waals surface area contributed by atoms with Gasteiger partial charge in [-0.2, -0.15) is 0 Å². The first kappa shape index (κ1) is 25.6. The molecule has 0 saturated heterocycles. The Kier molecular flexibility index (Phi) is 9.05. The van der Waals surface area contributed by atoms with E-state index in [1.165, 1.54) is 64.2 Å². The predicted octanol–water partition coefficient (Wildman–Crippen LogP) is 8.43. The topological polar surface area (TPSA) is 0 Å². The molecule has 0 nitrogen and oxygen atoms in total. The zero-order chi connectivity index (χ0) is 24.0. The first-order valence-electron chi connectivity index (χ1n) is 14.3. The van der Waals surface area contributed by atoms with Crippen molar-refractivity contribution >= 4 is 11.9 Å². The number of hydrogen-bond donors (Lipinski definition) is 0. The Morgan fingerprint density at radius 3 is 2.12 bits per heavy atom. The summed E-state index contributed by atoms with van der Waals surface area (Å²) in [6.07, 6.45) is 21.8. The van der Waals surface area contributed by atoms with Crippen LogP contribution in [-0.2, 0) is 0 Å². The molecule has 3 aliphatic carbocycles. The summed E-state index contributed by atoms with van der Waals surface area (Å²) in [5.74, 6) is 2.96. The molecule has 0 aromatic heterocycles. The molecule has 0 N–H and O–H groups in total. The monoisotopic (exact) mass is 468 g/mol. The molecule has 2 heteroatoms. The quantitative estimate of drug-likeness (QED) is 0.319. The molecule has 1 aromatic rings. The summed E-state index contributed by atoms with van der Waals surface area (Å²) >= 11 is 0. The van der Waals surface area contributed by atoms with Gasteiger partial charge in [-0.05, 0) is 87.2 Å². The second-order valence-corrected chi connectivity index (χ2v) is 11.7. The molecule has 4 rings (SSSR count). The van der Waals surface area contributed by atoms with E-state index < -0.39 is 17.4 Å². The zero-order valence-corrected chi connectivity index (χ0v) is 21.6. The Morgan fingerprint density at radius 1 is 0.882 bits per heavy atom. The van der Waals surface area contributed by atoms with E-state index in [0.29, 0.717) is 17.6 Å². The molecule has 0 amide bonds. The van der Waals surface area contributed by atoms with E-state index in [2.05, 4.69) is 19.1 Å². The van der Waals surface area contributed by atoms with E-state index >= 15 is 8.78 Å². The van der Waals surface area contributed by atoms with Gasteiger partial charge in [-0.1, -0.05) is 87.9 Å². The Labute approximate surface area is 206 Å². The van der Waals surface area contributed by atoms with Crippen LogP contribution in [0.3, 0.4) is 0 Å². The molecule has 1 aromatic carbocycles. The first-order valence-corrected chi connectivity index (χ1v) is 14.3. The van der Waals surface area contributed by atoms with E-state index in [9.17, 15) is 0 Å². The molecule has 188 valence electrons. The second kappa shape index (κ2) is 12.0. The van der Waals surface area contributed by atoms with E-state index in [1.807, 2.05) is 25.1 Å². The van der Waals surface area contributed by atoms with Gasteiger partial charge in [0.2, 0.25) is 0 Å². The van der Waals surface area contributed by atoms with Crippen molar-refractivity contribution < 1.29 is 8.78 Å². The third-order valence-corrected chi connectivity index (χ3v) is 9.56. The predicted molar refractivity (Wildman–Crippen MR) is 141 cm³/mol. The number of benzene rings is 1. The van der Waals surface area contributed by atoms with Gasteiger partial charge in [-0.3, -0.25) is 0 Å². The van der Waals surface area contributed by atoms with Gasteiger partial charge in [0.15, 0.2) is 6.17 Å². The summed E-state index contributed by atoms with van der Waals surface area (Å²) < 4.78 is 30.9. The van der Waals surface area contributed by atoms with Crippen LogP contribution in [0.1, 0.15) is 104 Å².